The van der Waals surface area contributed by atoms with Crippen molar-refractivity contribution in [2.24, 2.45) is 5.92 Å². The highest BCUT2D eigenvalue weighted by atomic mass is 19.1. The summed E-state index contributed by atoms with van der Waals surface area (Å²) >= 11 is 0. The van der Waals surface area contributed by atoms with Crippen molar-refractivity contribution in [3.05, 3.63) is 24.0 Å². The van der Waals surface area contributed by atoms with Crippen molar-refractivity contribution in [2.45, 2.75) is 26.7 Å². The lowest BCUT2D eigenvalue weighted by Gasteiger charge is -2.30. The van der Waals surface area contributed by atoms with E-state index < -0.39 is 11.8 Å². The Kier molecular flexibility index (Phi) is 6.54. The van der Waals surface area contributed by atoms with Crippen LogP contribution in [0.2, 0.25) is 0 Å². The number of hydrogen-bond acceptors (Lipinski definition) is 3. The number of benzene rings is 1. The number of likely N-dealkylation sites (tertiary alicyclic amines) is 1. The highest BCUT2D eigenvalue weighted by Gasteiger charge is 2.15. The summed E-state index contributed by atoms with van der Waals surface area (Å²) in [4.78, 5) is 25.2. The summed E-state index contributed by atoms with van der Waals surface area (Å²) in [6.45, 7) is 7.02. The van der Waals surface area contributed by atoms with Gasteiger partial charge in [-0.1, -0.05) is 6.92 Å². The fourth-order valence-electron chi connectivity index (χ4n) is 2.68. The van der Waals surface area contributed by atoms with Gasteiger partial charge < -0.3 is 20.9 Å². The number of carbonyl (C=O) groups is 2. The van der Waals surface area contributed by atoms with E-state index in [1.54, 1.807) is 0 Å². The number of nitrogens with zero attached hydrogens (tertiary/aromatic N) is 1. The zero-order chi connectivity index (χ0) is 17.5. The number of halogens is 1. The first kappa shape index (κ1) is 18.2. The minimum Gasteiger partial charge on any atom is -0.337 e. The number of carbonyl (C=O) groups excluding carboxylic acids is 2. The Morgan fingerprint density at radius 2 is 1.96 bits per heavy atom. The molecule has 132 valence electrons. The van der Waals surface area contributed by atoms with Gasteiger partial charge in [0.05, 0.1) is 5.69 Å². The third-order valence-corrected chi connectivity index (χ3v) is 4.12. The van der Waals surface area contributed by atoms with Gasteiger partial charge in [0.1, 0.15) is 5.82 Å². The van der Waals surface area contributed by atoms with Gasteiger partial charge in [-0.3, -0.25) is 4.79 Å². The minimum atomic E-state index is -0.552. The van der Waals surface area contributed by atoms with E-state index in [2.05, 4.69) is 27.8 Å². The van der Waals surface area contributed by atoms with E-state index in [1.807, 2.05) is 0 Å². The zero-order valence-electron chi connectivity index (χ0n) is 14.2. The monoisotopic (exact) mass is 336 g/mol. The summed E-state index contributed by atoms with van der Waals surface area (Å²) in [6, 6.07) is 3.58. The lowest BCUT2D eigenvalue weighted by Crippen LogP contribution is -2.40. The van der Waals surface area contributed by atoms with Crippen LogP contribution in [0.4, 0.5) is 20.6 Å². The number of amides is 3. The van der Waals surface area contributed by atoms with Crippen LogP contribution in [0.3, 0.4) is 0 Å². The summed E-state index contributed by atoms with van der Waals surface area (Å²) in [5.74, 6) is -0.0338. The predicted octanol–water partition coefficient (Wildman–Crippen LogP) is 2.64. The first-order valence-corrected chi connectivity index (χ1v) is 8.28. The van der Waals surface area contributed by atoms with Crippen molar-refractivity contribution < 1.29 is 14.0 Å². The fraction of sp³-hybridized carbons (Fsp3) is 0.529. The average Bonchev–Trinajstić information content (AvgIpc) is 2.52. The van der Waals surface area contributed by atoms with Crippen LogP contribution in [0.15, 0.2) is 18.2 Å². The van der Waals surface area contributed by atoms with Crippen molar-refractivity contribution in [3.63, 3.8) is 0 Å². The van der Waals surface area contributed by atoms with Crippen LogP contribution < -0.4 is 16.0 Å². The standard InChI is InChI=1S/C17H25FN4O2/c1-12-5-8-22(9-6-12)10-7-19-17(24)21-16-11-14(20-13(2)23)3-4-15(16)18/h3-4,11-12H,5-10H2,1-2H3,(H,20,23)(H2,19,21,24). The van der Waals surface area contributed by atoms with Gasteiger partial charge in [-0.15, -0.1) is 0 Å². The van der Waals surface area contributed by atoms with Gasteiger partial charge in [-0.25, -0.2) is 9.18 Å². The summed E-state index contributed by atoms with van der Waals surface area (Å²) in [7, 11) is 0. The summed E-state index contributed by atoms with van der Waals surface area (Å²) in [6.07, 6.45) is 2.38. The molecular formula is C17H25FN4O2. The van der Waals surface area contributed by atoms with Gasteiger partial charge >= 0.3 is 6.03 Å². The van der Waals surface area contributed by atoms with Crippen molar-refractivity contribution in [3.8, 4) is 0 Å². The smallest absolute Gasteiger partial charge is 0.319 e. The molecular weight excluding hydrogens is 311 g/mol. The number of rotatable bonds is 5. The SMILES string of the molecule is CC(=O)Nc1ccc(F)c(NC(=O)NCCN2CCC(C)CC2)c1. The number of hydrogen-bond donors (Lipinski definition) is 3. The number of anilines is 2. The van der Waals surface area contributed by atoms with Gasteiger partial charge in [0.2, 0.25) is 5.91 Å². The summed E-state index contributed by atoms with van der Waals surface area (Å²) in [5, 5.41) is 7.76. The minimum absolute atomic E-state index is 0.0329. The van der Waals surface area contributed by atoms with E-state index in [1.165, 1.54) is 38.0 Å². The molecule has 0 unspecified atom stereocenters. The van der Waals surface area contributed by atoms with E-state index in [0.29, 0.717) is 12.2 Å². The van der Waals surface area contributed by atoms with Gasteiger partial charge in [-0.05, 0) is 50.0 Å². The van der Waals surface area contributed by atoms with Crippen LogP contribution in [-0.2, 0) is 4.79 Å². The molecule has 0 radical (unpaired) electrons. The van der Waals surface area contributed by atoms with Gasteiger partial charge in [0, 0.05) is 25.7 Å². The lowest BCUT2D eigenvalue weighted by molar-refractivity contribution is -0.114. The third-order valence-electron chi connectivity index (χ3n) is 4.12. The Bertz CT molecular complexity index is 586. The Hall–Kier alpha value is -2.15. The fourth-order valence-corrected chi connectivity index (χ4v) is 2.68. The van der Waals surface area contributed by atoms with Crippen molar-refractivity contribution >= 4 is 23.3 Å². The molecule has 7 heteroatoms. The number of nitrogens with one attached hydrogen (secondary N) is 3. The molecule has 0 bridgehead atoms. The van der Waals surface area contributed by atoms with E-state index in [-0.39, 0.29) is 11.6 Å². The molecule has 1 saturated heterocycles. The van der Waals surface area contributed by atoms with E-state index in [9.17, 15) is 14.0 Å². The first-order valence-electron chi connectivity index (χ1n) is 8.28. The Morgan fingerprint density at radius 3 is 2.62 bits per heavy atom. The Balaban J connectivity index is 1.78. The molecule has 6 nitrogen and oxygen atoms in total. The van der Waals surface area contributed by atoms with Crippen LogP contribution in [0.5, 0.6) is 0 Å². The maximum absolute atomic E-state index is 13.8. The molecule has 3 amide bonds. The zero-order valence-corrected chi connectivity index (χ0v) is 14.2. The van der Waals surface area contributed by atoms with Crippen LogP contribution in [0.1, 0.15) is 26.7 Å². The normalized spacial score (nSPS) is 15.8. The average molecular weight is 336 g/mol. The predicted molar refractivity (Wildman–Crippen MR) is 92.6 cm³/mol. The second-order valence-electron chi connectivity index (χ2n) is 6.28. The molecule has 1 aromatic carbocycles. The summed E-state index contributed by atoms with van der Waals surface area (Å²) in [5.41, 5.74) is 0.465. The summed E-state index contributed by atoms with van der Waals surface area (Å²) < 4.78 is 13.8. The molecule has 0 spiro atoms. The van der Waals surface area contributed by atoms with Crippen LogP contribution >= 0.6 is 0 Å². The molecule has 1 aromatic rings. The van der Waals surface area contributed by atoms with E-state index in [0.717, 1.165) is 25.6 Å². The topological polar surface area (TPSA) is 73.5 Å². The lowest BCUT2D eigenvalue weighted by atomic mass is 9.99. The first-order chi connectivity index (χ1) is 11.4. The molecule has 0 aliphatic carbocycles. The second-order valence-corrected chi connectivity index (χ2v) is 6.28. The highest BCUT2D eigenvalue weighted by Crippen LogP contribution is 2.19. The van der Waals surface area contributed by atoms with Gasteiger partial charge in [-0.2, -0.15) is 0 Å². The molecule has 1 aliphatic heterocycles. The Morgan fingerprint density at radius 1 is 1.25 bits per heavy atom. The molecule has 24 heavy (non-hydrogen) atoms. The molecule has 0 atom stereocenters. The molecule has 0 saturated carbocycles. The molecule has 3 N–H and O–H groups in total. The second kappa shape index (κ2) is 8.63. The van der Waals surface area contributed by atoms with E-state index in [4.69, 9.17) is 0 Å². The van der Waals surface area contributed by atoms with Crippen molar-refractivity contribution in [1.29, 1.82) is 0 Å². The maximum atomic E-state index is 13.8. The number of piperidine rings is 1. The van der Waals surface area contributed by atoms with Crippen molar-refractivity contribution in [2.75, 3.05) is 36.8 Å². The van der Waals surface area contributed by atoms with Gasteiger partial charge in [0.15, 0.2) is 0 Å². The molecule has 1 aliphatic rings. The highest BCUT2D eigenvalue weighted by molar-refractivity contribution is 5.92. The maximum Gasteiger partial charge on any atom is 0.319 e. The van der Waals surface area contributed by atoms with Gasteiger partial charge in [0.25, 0.3) is 0 Å². The number of urea groups is 1. The van der Waals surface area contributed by atoms with Crippen LogP contribution in [0.25, 0.3) is 0 Å². The largest absolute Gasteiger partial charge is 0.337 e. The Labute approximate surface area is 141 Å². The third kappa shape index (κ3) is 5.81. The van der Waals surface area contributed by atoms with Crippen LogP contribution in [-0.4, -0.2) is 43.0 Å². The molecule has 1 heterocycles. The quantitative estimate of drug-likeness (QED) is 0.774. The molecule has 1 fully saturated rings. The van der Waals surface area contributed by atoms with E-state index >= 15 is 0 Å². The molecule has 2 rings (SSSR count). The van der Waals surface area contributed by atoms with Crippen molar-refractivity contribution in [1.82, 2.24) is 10.2 Å². The van der Waals surface area contributed by atoms with Crippen LogP contribution in [0, 0.1) is 11.7 Å². The molecule has 0 aromatic heterocycles.